The van der Waals surface area contributed by atoms with Gasteiger partial charge in [-0.3, -0.25) is 5.32 Å². The van der Waals surface area contributed by atoms with E-state index in [0.717, 1.165) is 24.9 Å². The first-order valence-electron chi connectivity index (χ1n) is 15.7. The minimum absolute atomic E-state index is 0.0419. The van der Waals surface area contributed by atoms with Gasteiger partial charge in [0.05, 0.1) is 6.17 Å². The van der Waals surface area contributed by atoms with Crippen LogP contribution < -0.4 is 10.6 Å². The van der Waals surface area contributed by atoms with Crippen LogP contribution in [0.5, 0.6) is 5.75 Å². The number of halogens is 1. The molecule has 0 aliphatic heterocycles. The topological polar surface area (TPSA) is 61.4 Å². The lowest BCUT2D eigenvalue weighted by molar-refractivity contribution is -0.0980. The van der Waals surface area contributed by atoms with E-state index < -0.39 is 0 Å². The Morgan fingerprint density at radius 3 is 2.05 bits per heavy atom. The number of alkyl halides is 1. The molecule has 0 heterocycles. The number of rotatable bonds is 12. The third kappa shape index (κ3) is 18.0. The van der Waals surface area contributed by atoms with Gasteiger partial charge < -0.3 is 15.2 Å². The zero-order valence-electron chi connectivity index (χ0n) is 28.0. The Morgan fingerprint density at radius 2 is 1.60 bits per heavy atom. The molecule has 0 spiro atoms. The Bertz CT molecular complexity index is 1030. The number of anilines is 1. The largest absolute Gasteiger partial charge is 0.508 e. The van der Waals surface area contributed by atoms with Gasteiger partial charge in [0.15, 0.2) is 0 Å². The number of phenolic OH excluding ortho intramolecular Hbond substituents is 1. The summed E-state index contributed by atoms with van der Waals surface area (Å²) in [7, 11) is 0. The Labute approximate surface area is 262 Å². The van der Waals surface area contributed by atoms with Gasteiger partial charge >= 0.3 is 0 Å². The number of carbonyl (C=O) groups excluding carboxylic acids is 1. The van der Waals surface area contributed by atoms with E-state index in [-0.39, 0.29) is 18.6 Å². The Balaban J connectivity index is 0. The van der Waals surface area contributed by atoms with Crippen molar-refractivity contribution in [1.29, 1.82) is 0 Å². The van der Waals surface area contributed by atoms with Crippen molar-refractivity contribution in [2.75, 3.05) is 18.5 Å². The summed E-state index contributed by atoms with van der Waals surface area (Å²) in [4.78, 5) is 8.00. The van der Waals surface area contributed by atoms with E-state index in [1.54, 1.807) is 12.1 Å². The maximum atomic E-state index is 12.2. The van der Waals surface area contributed by atoms with Gasteiger partial charge in [0.1, 0.15) is 19.2 Å². The highest BCUT2D eigenvalue weighted by Gasteiger charge is 2.17. The number of phenols is 1. The molecule has 43 heavy (non-hydrogen) atoms. The van der Waals surface area contributed by atoms with Crippen molar-refractivity contribution in [3.63, 3.8) is 0 Å². The van der Waals surface area contributed by atoms with Crippen LogP contribution in [0.15, 0.2) is 91.6 Å². The molecule has 2 aromatic carbocycles. The molecule has 0 bridgehead atoms. The summed E-state index contributed by atoms with van der Waals surface area (Å²) < 4.78 is 12.2. The summed E-state index contributed by atoms with van der Waals surface area (Å²) >= 11 is 0. The van der Waals surface area contributed by atoms with E-state index in [2.05, 4.69) is 101 Å². The number of nitrogens with one attached hydrogen (secondary N) is 2. The van der Waals surface area contributed by atoms with Gasteiger partial charge in [0.2, 0.25) is 0 Å². The van der Waals surface area contributed by atoms with Gasteiger partial charge in [-0.15, -0.1) is 6.58 Å². The third-order valence-corrected chi connectivity index (χ3v) is 6.89. The molecule has 240 valence electrons. The minimum Gasteiger partial charge on any atom is -0.508 e. The molecule has 3 atom stereocenters. The third-order valence-electron chi connectivity index (χ3n) is 6.89. The van der Waals surface area contributed by atoms with E-state index in [1.165, 1.54) is 35.1 Å². The van der Waals surface area contributed by atoms with Crippen LogP contribution in [0.3, 0.4) is 0 Å². The van der Waals surface area contributed by atoms with Gasteiger partial charge in [0, 0.05) is 18.2 Å². The molecule has 1 aliphatic rings. The van der Waals surface area contributed by atoms with E-state index >= 15 is 0 Å². The molecule has 3 N–H and O–H groups in total. The molecule has 4 nitrogen and oxygen atoms in total. The summed E-state index contributed by atoms with van der Waals surface area (Å²) in [6.07, 6.45) is 14.2. The average molecular weight is 595 g/mol. The normalized spacial score (nSPS) is 13.3. The van der Waals surface area contributed by atoms with Gasteiger partial charge in [-0.05, 0) is 73.9 Å². The highest BCUT2D eigenvalue weighted by molar-refractivity contribution is 5.68. The predicted octanol–water partition coefficient (Wildman–Crippen LogP) is 10.5. The number of hydrogen-bond donors (Lipinski definition) is 3. The number of allylic oxidation sites excluding steroid dienone is 6. The van der Waals surface area contributed by atoms with Gasteiger partial charge in [-0.1, -0.05) is 114 Å². The highest BCUT2D eigenvalue weighted by atomic mass is 19.1. The van der Waals surface area contributed by atoms with Crippen LogP contribution in [0.1, 0.15) is 84.8 Å². The molecule has 3 rings (SSSR count). The van der Waals surface area contributed by atoms with Crippen molar-refractivity contribution in [2.45, 2.75) is 86.7 Å². The van der Waals surface area contributed by atoms with E-state index in [0.29, 0.717) is 18.4 Å². The smallest absolute Gasteiger partial charge is 0.115 e. The van der Waals surface area contributed by atoms with E-state index in [9.17, 15) is 9.50 Å². The molecule has 5 heteroatoms. The monoisotopic (exact) mass is 594 g/mol. The molecule has 0 saturated heterocycles. The second-order valence-electron chi connectivity index (χ2n) is 9.95. The fraction of sp³-hybridized carbons (Fsp3) is 0.447. The second kappa shape index (κ2) is 27.4. The molecule has 0 aromatic heterocycles. The van der Waals surface area contributed by atoms with Gasteiger partial charge in [-0.25, -0.2) is 4.39 Å². The van der Waals surface area contributed by atoms with Crippen LogP contribution in [-0.2, 0) is 4.79 Å². The average Bonchev–Trinajstić information content (AvgIpc) is 3.07. The molecule has 0 fully saturated rings. The molecule has 0 amide bonds. The maximum absolute atomic E-state index is 12.2. The van der Waals surface area contributed by atoms with E-state index in [4.69, 9.17) is 4.79 Å². The molecular weight excluding hydrogens is 535 g/mol. The van der Waals surface area contributed by atoms with Crippen molar-refractivity contribution in [3.8, 4) is 5.75 Å². The predicted molar refractivity (Wildman–Crippen MR) is 188 cm³/mol. The van der Waals surface area contributed by atoms with Crippen molar-refractivity contribution in [2.24, 2.45) is 11.8 Å². The number of benzene rings is 2. The van der Waals surface area contributed by atoms with Crippen LogP contribution in [0.4, 0.5) is 10.1 Å². The number of aromatic hydroxyl groups is 1. The summed E-state index contributed by atoms with van der Waals surface area (Å²) in [5.41, 5.74) is 6.30. The van der Waals surface area contributed by atoms with Gasteiger partial charge in [0.25, 0.3) is 0 Å². The number of carbonyl (C=O) groups is 1. The maximum Gasteiger partial charge on any atom is 0.115 e. The van der Waals surface area contributed by atoms with Crippen LogP contribution in [-0.4, -0.2) is 31.3 Å². The van der Waals surface area contributed by atoms with Crippen LogP contribution >= 0.6 is 0 Å². The van der Waals surface area contributed by atoms with Crippen molar-refractivity contribution >= 4 is 18.0 Å². The summed E-state index contributed by atoms with van der Waals surface area (Å²) in [5, 5.41) is 15.6. The zero-order chi connectivity index (χ0) is 33.0. The lowest BCUT2D eigenvalue weighted by Crippen LogP contribution is -2.42. The number of aryl methyl sites for hydroxylation is 1. The van der Waals surface area contributed by atoms with Gasteiger partial charge in [-0.2, -0.15) is 0 Å². The van der Waals surface area contributed by atoms with Crippen LogP contribution in [0.2, 0.25) is 0 Å². The fourth-order valence-corrected chi connectivity index (χ4v) is 4.19. The molecule has 1 aliphatic carbocycles. The molecular formula is C38H59FN2O2. The lowest BCUT2D eigenvalue weighted by atomic mass is 9.82. The molecule has 3 unspecified atom stereocenters. The first-order valence-corrected chi connectivity index (χ1v) is 15.7. The Kier molecular flexibility index (Phi) is 26.6. The SMILES string of the molecule is C=C(c1ccc(C)cc1)C(CC)C1=CC=CCC1.C=CCC.C=O.CC.CCC(C)C(NCCF)Nc1ccc(O)cc1. The number of hydrogen-bond acceptors (Lipinski definition) is 4. The Hall–Kier alpha value is -3.44. The van der Waals surface area contributed by atoms with E-state index in [1.807, 2.05) is 38.8 Å². The lowest BCUT2D eigenvalue weighted by Gasteiger charge is -2.26. The summed E-state index contributed by atoms with van der Waals surface area (Å²) in [6.45, 7) is 24.4. The van der Waals surface area contributed by atoms with Crippen molar-refractivity contribution in [1.82, 2.24) is 5.32 Å². The van der Waals surface area contributed by atoms with Crippen LogP contribution in [0.25, 0.3) is 5.57 Å². The summed E-state index contributed by atoms with van der Waals surface area (Å²) in [5.74, 6) is 1.14. The highest BCUT2D eigenvalue weighted by Crippen LogP contribution is 2.34. The minimum atomic E-state index is -0.371. The first-order chi connectivity index (χ1) is 20.8. The van der Waals surface area contributed by atoms with Crippen molar-refractivity contribution < 1.29 is 14.3 Å². The zero-order valence-corrected chi connectivity index (χ0v) is 28.0. The fourth-order valence-electron chi connectivity index (χ4n) is 4.19. The first kappa shape index (κ1) is 41.7. The second-order valence-corrected chi connectivity index (χ2v) is 9.95. The molecule has 0 saturated carbocycles. The summed E-state index contributed by atoms with van der Waals surface area (Å²) in [6, 6.07) is 15.6. The quantitative estimate of drug-likeness (QED) is 0.130. The molecule has 0 radical (unpaired) electrons. The van der Waals surface area contributed by atoms with Crippen molar-refractivity contribution in [3.05, 3.63) is 103 Å². The standard InChI is InChI=1S/C18H22.C13H21FN2O.C4H8.C2H6.CH2O/c1-4-18(17-8-6-5-7-9-17)15(3)16-12-10-14(2)11-13-16;1-3-10(2)13(15-9-8-14)16-11-4-6-12(17)7-5-11;1-3-4-2;2*1-2/h5-6,8,10-13,18H,3-4,7,9H2,1-2H3;4-7,10,13,15-17H,3,8-9H2,1-2H3;3H,1,4H2,2H3;1-2H3;1H2. The van der Waals surface area contributed by atoms with Crippen LogP contribution in [0, 0.1) is 18.8 Å². The Morgan fingerprint density at radius 1 is 1.02 bits per heavy atom. The molecule has 2 aromatic rings.